The van der Waals surface area contributed by atoms with Crippen molar-refractivity contribution in [3.8, 4) is 0 Å². The zero-order valence-corrected chi connectivity index (χ0v) is 17.8. The lowest BCUT2D eigenvalue weighted by atomic mass is 10.1. The molecule has 0 amide bonds. The first-order valence-electron chi connectivity index (χ1n) is 9.29. The molecule has 7 nitrogen and oxygen atoms in total. The average Bonchev–Trinajstić information content (AvgIpc) is 3.39. The number of methoxy groups -OCH3 is 1. The number of carbonyl (C=O) groups excluding carboxylic acids is 1. The summed E-state index contributed by atoms with van der Waals surface area (Å²) in [5, 5.41) is 11.6. The minimum absolute atomic E-state index is 0.336. The van der Waals surface area contributed by atoms with E-state index < -0.39 is 0 Å². The van der Waals surface area contributed by atoms with Gasteiger partial charge in [-0.2, -0.15) is 0 Å². The van der Waals surface area contributed by atoms with Crippen molar-refractivity contribution in [2.45, 2.75) is 32.7 Å². The van der Waals surface area contributed by atoms with Gasteiger partial charge < -0.3 is 10.1 Å². The lowest BCUT2D eigenvalue weighted by Crippen LogP contribution is -2.21. The molecule has 1 aromatic carbocycles. The molecule has 2 N–H and O–H groups in total. The standard InChI is InChI=1S/C20H21N5O2S2/c1-12-6-8-13(9-7-12)10-25-11-21-19(24-25)23-20(28)22-17-16(18(26)27-2)14-4-3-5-15(14)29-17/h6-9,11H,3-5,10H2,1-2H3,(H2,22,23,24,28). The third-order valence-electron chi connectivity index (χ3n) is 4.76. The van der Waals surface area contributed by atoms with Crippen molar-refractivity contribution >= 4 is 45.6 Å². The Morgan fingerprint density at radius 1 is 1.28 bits per heavy atom. The Bertz CT molecular complexity index is 1060. The molecule has 0 saturated heterocycles. The summed E-state index contributed by atoms with van der Waals surface area (Å²) in [6, 6.07) is 8.28. The molecule has 0 radical (unpaired) electrons. The number of nitrogens with zero attached hydrogens (tertiary/aromatic N) is 3. The molecule has 0 bridgehead atoms. The summed E-state index contributed by atoms with van der Waals surface area (Å²) in [6.45, 7) is 2.68. The highest BCUT2D eigenvalue weighted by atomic mass is 32.1. The molecule has 0 unspecified atom stereocenters. The largest absolute Gasteiger partial charge is 0.465 e. The molecule has 2 aromatic heterocycles. The lowest BCUT2D eigenvalue weighted by molar-refractivity contribution is 0.0601. The first-order valence-corrected chi connectivity index (χ1v) is 10.5. The Morgan fingerprint density at radius 2 is 2.07 bits per heavy atom. The molecule has 0 spiro atoms. The van der Waals surface area contributed by atoms with Crippen LogP contribution in [0.3, 0.4) is 0 Å². The Kier molecular flexibility index (Phi) is 5.59. The van der Waals surface area contributed by atoms with E-state index in [1.807, 2.05) is 0 Å². The van der Waals surface area contributed by atoms with Gasteiger partial charge in [0.2, 0.25) is 5.95 Å². The zero-order valence-electron chi connectivity index (χ0n) is 16.2. The molecular weight excluding hydrogens is 406 g/mol. The van der Waals surface area contributed by atoms with Gasteiger partial charge in [0.15, 0.2) is 5.11 Å². The van der Waals surface area contributed by atoms with Crippen molar-refractivity contribution in [1.82, 2.24) is 14.8 Å². The summed E-state index contributed by atoms with van der Waals surface area (Å²) in [4.78, 5) is 17.7. The van der Waals surface area contributed by atoms with E-state index in [-0.39, 0.29) is 5.97 Å². The van der Waals surface area contributed by atoms with Gasteiger partial charge in [0, 0.05) is 4.88 Å². The highest BCUT2D eigenvalue weighted by molar-refractivity contribution is 7.80. The van der Waals surface area contributed by atoms with Gasteiger partial charge in [-0.05, 0) is 49.5 Å². The summed E-state index contributed by atoms with van der Waals surface area (Å²) in [5.41, 5.74) is 4.03. The fraction of sp³-hybridized carbons (Fsp3) is 0.300. The van der Waals surface area contributed by atoms with E-state index in [1.165, 1.54) is 17.6 Å². The Morgan fingerprint density at radius 3 is 2.83 bits per heavy atom. The average molecular weight is 428 g/mol. The number of ether oxygens (including phenoxy) is 1. The van der Waals surface area contributed by atoms with Crippen LogP contribution in [0.1, 0.15) is 38.3 Å². The number of thiophene rings is 1. The number of hydrogen-bond donors (Lipinski definition) is 2. The van der Waals surface area contributed by atoms with Crippen molar-refractivity contribution < 1.29 is 9.53 Å². The van der Waals surface area contributed by atoms with Crippen molar-refractivity contribution in [2.24, 2.45) is 0 Å². The molecule has 2 heterocycles. The van der Waals surface area contributed by atoms with Crippen LogP contribution in [0.25, 0.3) is 0 Å². The summed E-state index contributed by atoms with van der Waals surface area (Å²) in [6.07, 6.45) is 4.60. The first kappa shape index (κ1) is 19.5. The Balaban J connectivity index is 1.42. The molecule has 1 aliphatic rings. The molecule has 1 aliphatic carbocycles. The van der Waals surface area contributed by atoms with Crippen LogP contribution in [0.5, 0.6) is 0 Å². The maximum atomic E-state index is 12.2. The van der Waals surface area contributed by atoms with Gasteiger partial charge >= 0.3 is 5.97 Å². The second-order valence-corrected chi connectivity index (χ2v) is 8.40. The number of hydrogen-bond acceptors (Lipinski definition) is 6. The minimum Gasteiger partial charge on any atom is -0.465 e. The fourth-order valence-corrected chi connectivity index (χ4v) is 4.89. The zero-order chi connectivity index (χ0) is 20.4. The molecule has 9 heteroatoms. The maximum absolute atomic E-state index is 12.2. The van der Waals surface area contributed by atoms with E-state index in [0.717, 1.165) is 30.4 Å². The number of nitrogens with one attached hydrogen (secondary N) is 2. The number of benzene rings is 1. The van der Waals surface area contributed by atoms with Gasteiger partial charge in [-0.15, -0.1) is 16.4 Å². The maximum Gasteiger partial charge on any atom is 0.341 e. The van der Waals surface area contributed by atoms with E-state index in [1.54, 1.807) is 22.3 Å². The molecule has 3 aromatic rings. The normalized spacial score (nSPS) is 12.5. The van der Waals surface area contributed by atoms with Crippen molar-refractivity contribution in [3.63, 3.8) is 0 Å². The predicted molar refractivity (Wildman–Crippen MR) is 118 cm³/mol. The number of aromatic nitrogens is 3. The van der Waals surface area contributed by atoms with Gasteiger partial charge in [-0.25, -0.2) is 14.5 Å². The lowest BCUT2D eigenvalue weighted by Gasteiger charge is -2.09. The van der Waals surface area contributed by atoms with Crippen LogP contribution in [0.15, 0.2) is 30.6 Å². The van der Waals surface area contributed by atoms with E-state index in [9.17, 15) is 4.79 Å². The van der Waals surface area contributed by atoms with E-state index >= 15 is 0 Å². The number of thiocarbonyl (C=S) groups is 1. The summed E-state index contributed by atoms with van der Waals surface area (Å²) >= 11 is 6.96. The number of aryl methyl sites for hydroxylation is 2. The molecule has 4 rings (SSSR count). The van der Waals surface area contributed by atoms with Crippen LogP contribution >= 0.6 is 23.6 Å². The highest BCUT2D eigenvalue weighted by Crippen LogP contribution is 2.39. The van der Waals surface area contributed by atoms with Gasteiger partial charge in [-0.3, -0.25) is 5.32 Å². The molecular formula is C20H21N5O2S2. The monoisotopic (exact) mass is 427 g/mol. The van der Waals surface area contributed by atoms with E-state index in [4.69, 9.17) is 17.0 Å². The van der Waals surface area contributed by atoms with E-state index in [2.05, 4.69) is 51.9 Å². The van der Waals surface area contributed by atoms with Crippen molar-refractivity contribution in [3.05, 3.63) is 57.7 Å². The van der Waals surface area contributed by atoms with E-state index in [0.29, 0.717) is 28.2 Å². The smallest absolute Gasteiger partial charge is 0.341 e. The quantitative estimate of drug-likeness (QED) is 0.474. The number of anilines is 2. The second-order valence-electron chi connectivity index (χ2n) is 6.88. The number of esters is 1. The molecule has 0 atom stereocenters. The molecule has 0 saturated carbocycles. The fourth-order valence-electron chi connectivity index (χ4n) is 3.35. The minimum atomic E-state index is -0.338. The SMILES string of the molecule is COC(=O)c1c(NC(=S)Nc2ncn(Cc3ccc(C)cc3)n2)sc2c1CCC2. The second kappa shape index (κ2) is 8.30. The summed E-state index contributed by atoms with van der Waals surface area (Å²) in [7, 11) is 1.40. The Labute approximate surface area is 178 Å². The molecule has 29 heavy (non-hydrogen) atoms. The first-order chi connectivity index (χ1) is 14.0. The van der Waals surface area contributed by atoms with Gasteiger partial charge in [-0.1, -0.05) is 29.8 Å². The number of rotatable bonds is 5. The summed E-state index contributed by atoms with van der Waals surface area (Å²) in [5.74, 6) is 0.0635. The molecule has 0 fully saturated rings. The van der Waals surface area contributed by atoms with Crippen LogP contribution in [0.4, 0.5) is 10.9 Å². The third kappa shape index (κ3) is 4.30. The topological polar surface area (TPSA) is 81.1 Å². The van der Waals surface area contributed by atoms with Gasteiger partial charge in [0.25, 0.3) is 0 Å². The third-order valence-corrected chi connectivity index (χ3v) is 6.18. The van der Waals surface area contributed by atoms with Crippen LogP contribution in [0, 0.1) is 6.92 Å². The van der Waals surface area contributed by atoms with Crippen molar-refractivity contribution in [2.75, 3.05) is 17.7 Å². The van der Waals surface area contributed by atoms with Crippen LogP contribution in [0.2, 0.25) is 0 Å². The van der Waals surface area contributed by atoms with Gasteiger partial charge in [0.05, 0.1) is 19.2 Å². The van der Waals surface area contributed by atoms with Gasteiger partial charge in [0.1, 0.15) is 11.3 Å². The van der Waals surface area contributed by atoms with Crippen molar-refractivity contribution in [1.29, 1.82) is 0 Å². The molecule has 0 aliphatic heterocycles. The predicted octanol–water partition coefficient (Wildman–Crippen LogP) is 3.78. The highest BCUT2D eigenvalue weighted by Gasteiger charge is 2.27. The van der Waals surface area contributed by atoms with Crippen LogP contribution in [-0.4, -0.2) is 33.0 Å². The Hall–Kier alpha value is -2.78. The molecule has 150 valence electrons. The number of carbonyl (C=O) groups is 1. The van der Waals surface area contributed by atoms with Crippen LogP contribution in [-0.2, 0) is 24.1 Å². The summed E-state index contributed by atoms with van der Waals surface area (Å²) < 4.78 is 6.71. The van der Waals surface area contributed by atoms with Crippen LogP contribution < -0.4 is 10.6 Å². The number of fused-ring (bicyclic) bond motifs is 1.